The lowest BCUT2D eigenvalue weighted by Gasteiger charge is -2.44. The zero-order valence-corrected chi connectivity index (χ0v) is 68.9. The fourth-order valence-corrected chi connectivity index (χ4v) is 13.4. The molecule has 122 heavy (non-hydrogen) atoms. The quantitative estimate of drug-likeness (QED) is 0.0368. The maximum absolute atomic E-state index is 13.0. The fraction of sp³-hybridized carbons (Fsp3) is 0.488. The van der Waals surface area contributed by atoms with Crippen LogP contribution in [0.2, 0.25) is 0 Å². The topological polar surface area (TPSA) is 495 Å². The van der Waals surface area contributed by atoms with E-state index in [1.165, 1.54) is 48.5 Å². The minimum Gasteiger partial charge on any atom is -0.463 e. The summed E-state index contributed by atoms with van der Waals surface area (Å²) in [6, 6.07) is 24.0. The number of carbonyl (C=O) groups excluding carboxylic acids is 16. The van der Waals surface area contributed by atoms with E-state index in [0.717, 1.165) is 111 Å². The standard InChI is InChI=1S/C82H92O40/c1-37(83)99-33-61-67(103-41(5)87)71(107-45(9)91)75(111-49(13)95)79(119-61)115-57-25-17-53(18-26-57)65(54-19-27-58(28-20-54)116-80-76(112-50(14)96)72(108-46(10)92)68(104-42(6)88)62(120-80)34-100-38(2)84)66(55-21-29-59(30-22-55)117-81-77(113-51(15)97)73(109-47(11)93)69(105-43(7)89)63(121-81)35-101-39(3)85)56-23-31-60(32-24-56)118-82-78(114-52(16)98)74(110-48(12)94)70(106-44(8)90)64(122-82)36-102-40(4)86/h17-32,61-64,67-82H,33-36H2,1-16H3/t61-,62-,63-,64-,67-,68-,69-,70-,71+,72+,73+,74+,75+,76+,77+,78+,79+,80+,81+,82+/m0/s1. The Bertz CT molecular complexity index is 3940. The smallest absolute Gasteiger partial charge is 0.303 e. The zero-order chi connectivity index (χ0) is 89.7. The van der Waals surface area contributed by atoms with Gasteiger partial charge in [0.2, 0.25) is 49.6 Å². The molecule has 0 unspecified atom stereocenters. The van der Waals surface area contributed by atoms with Crippen LogP contribution in [0.1, 0.15) is 133 Å². The van der Waals surface area contributed by atoms with E-state index in [1.807, 2.05) is 0 Å². The Hall–Kier alpha value is -12.8. The number of esters is 16. The van der Waals surface area contributed by atoms with Gasteiger partial charge in [0.05, 0.1) is 0 Å². The van der Waals surface area contributed by atoms with Crippen LogP contribution in [0.3, 0.4) is 0 Å². The largest absolute Gasteiger partial charge is 0.463 e. The van der Waals surface area contributed by atoms with Crippen LogP contribution in [-0.2, 0) is 171 Å². The van der Waals surface area contributed by atoms with Gasteiger partial charge in [-0.15, -0.1) is 0 Å². The van der Waals surface area contributed by atoms with Crippen molar-refractivity contribution in [3.05, 3.63) is 119 Å². The SMILES string of the molecule is CC(=O)OC[C@@H]1O[C@@H](Oc2ccc(C(=C(c3ccc(O[C@@H]4O[C@@H](COC(C)=O)[C@H](OC(C)=O)[C@@H](OC(C)=O)[C@H]4OC(C)=O)cc3)c3ccc(O[C@@H]4O[C@@H](COC(C)=O)[C@H](OC(C)=O)[C@@H](OC(C)=O)[C@H]4OC(C)=O)cc3)c3ccc(O[C@@H]4O[C@@H](COC(C)=O)[C@H](OC(C)=O)[C@@H](OC(C)=O)[C@H]4OC(C)=O)cc3)cc2)[C@H](OC(C)=O)[C@H](OC(C)=O)[C@H]1OC(C)=O. The van der Waals surface area contributed by atoms with Crippen LogP contribution in [0.5, 0.6) is 23.0 Å². The molecule has 4 saturated heterocycles. The molecule has 40 nitrogen and oxygen atoms in total. The van der Waals surface area contributed by atoms with Crippen LogP contribution in [0, 0.1) is 0 Å². The summed E-state index contributed by atoms with van der Waals surface area (Å²) in [7, 11) is 0. The summed E-state index contributed by atoms with van der Waals surface area (Å²) in [5.41, 5.74) is 1.78. The number of rotatable bonds is 32. The Labute approximate surface area is 696 Å². The number of carbonyl (C=O) groups is 16. The van der Waals surface area contributed by atoms with Gasteiger partial charge in [-0.25, -0.2) is 0 Å². The first kappa shape index (κ1) is 94.7. The summed E-state index contributed by atoms with van der Waals surface area (Å²) in [5, 5.41) is 0. The van der Waals surface area contributed by atoms with Gasteiger partial charge in [-0.3, -0.25) is 76.7 Å². The number of hydrogen-bond acceptors (Lipinski definition) is 40. The molecule has 0 aliphatic carbocycles. The Morgan fingerprint density at radius 3 is 0.475 bits per heavy atom. The molecule has 4 heterocycles. The lowest BCUT2D eigenvalue weighted by atomic mass is 9.85. The maximum Gasteiger partial charge on any atom is 0.303 e. The van der Waals surface area contributed by atoms with E-state index in [1.54, 1.807) is 48.5 Å². The predicted molar refractivity (Wildman–Crippen MR) is 401 cm³/mol. The Kier molecular flexibility index (Phi) is 33.7. The van der Waals surface area contributed by atoms with E-state index in [2.05, 4.69) is 0 Å². The highest BCUT2D eigenvalue weighted by atomic mass is 16.8. The maximum atomic E-state index is 13.0. The molecule has 4 aromatic rings. The average Bonchev–Trinajstić information content (AvgIpc) is 0.741. The molecule has 0 saturated carbocycles. The van der Waals surface area contributed by atoms with Crippen molar-refractivity contribution in [2.45, 2.75) is 234 Å². The minimum atomic E-state index is -1.74. The Morgan fingerprint density at radius 1 is 0.197 bits per heavy atom. The van der Waals surface area contributed by atoms with E-state index in [-0.39, 0.29) is 34.1 Å². The van der Waals surface area contributed by atoms with Crippen molar-refractivity contribution in [3.8, 4) is 23.0 Å². The third-order valence-electron chi connectivity index (χ3n) is 17.6. The van der Waals surface area contributed by atoms with Crippen molar-refractivity contribution >= 4 is 107 Å². The first-order valence-corrected chi connectivity index (χ1v) is 37.7. The van der Waals surface area contributed by atoms with Crippen molar-refractivity contribution in [2.75, 3.05) is 26.4 Å². The van der Waals surface area contributed by atoms with Crippen LogP contribution < -0.4 is 18.9 Å². The van der Waals surface area contributed by atoms with Crippen molar-refractivity contribution in [1.82, 2.24) is 0 Å². The second kappa shape index (κ2) is 43.4. The number of ether oxygens (including phenoxy) is 24. The van der Waals surface area contributed by atoms with Crippen LogP contribution in [-0.4, -0.2) is 245 Å². The first-order valence-electron chi connectivity index (χ1n) is 37.7. The summed E-state index contributed by atoms with van der Waals surface area (Å²) >= 11 is 0. The van der Waals surface area contributed by atoms with Crippen LogP contribution in [0.4, 0.5) is 0 Å². The minimum absolute atomic E-state index is 0.0449. The van der Waals surface area contributed by atoms with Crippen LogP contribution in [0.25, 0.3) is 11.1 Å². The zero-order valence-electron chi connectivity index (χ0n) is 68.9. The third-order valence-corrected chi connectivity index (χ3v) is 17.6. The molecule has 0 aromatic heterocycles. The monoisotopic (exact) mass is 1720 g/mol. The Morgan fingerprint density at radius 2 is 0.336 bits per heavy atom. The molecule has 0 amide bonds. The summed E-state index contributed by atoms with van der Waals surface area (Å²) in [4.78, 5) is 203. The van der Waals surface area contributed by atoms with Crippen molar-refractivity contribution in [2.24, 2.45) is 0 Å². The van der Waals surface area contributed by atoms with Gasteiger partial charge in [0.1, 0.15) is 73.8 Å². The molecule has 4 aromatic carbocycles. The highest BCUT2D eigenvalue weighted by Crippen LogP contribution is 2.43. The van der Waals surface area contributed by atoms with Gasteiger partial charge in [-0.05, 0) is 81.9 Å². The molecule has 8 rings (SSSR count). The first-order chi connectivity index (χ1) is 57.6. The molecule has 0 bridgehead atoms. The molecular weight excluding hydrogens is 1620 g/mol. The highest BCUT2D eigenvalue weighted by molar-refractivity contribution is 6.05. The summed E-state index contributed by atoms with van der Waals surface area (Å²) in [6.45, 7) is 14.4. The fourth-order valence-electron chi connectivity index (χ4n) is 13.4. The normalized spacial score (nSPS) is 25.7. The number of hydrogen-bond donors (Lipinski definition) is 0. The van der Waals surface area contributed by atoms with Crippen LogP contribution in [0.15, 0.2) is 97.1 Å². The second-order valence-corrected chi connectivity index (χ2v) is 27.6. The molecular formula is C82H92O40. The van der Waals surface area contributed by atoms with E-state index in [4.69, 9.17) is 114 Å². The van der Waals surface area contributed by atoms with E-state index >= 15 is 0 Å². The number of benzene rings is 4. The average molecular weight is 1720 g/mol. The van der Waals surface area contributed by atoms with Crippen LogP contribution >= 0.6 is 0 Å². The van der Waals surface area contributed by atoms with Crippen molar-refractivity contribution in [1.29, 1.82) is 0 Å². The second-order valence-electron chi connectivity index (χ2n) is 27.6. The van der Waals surface area contributed by atoms with Gasteiger partial charge >= 0.3 is 95.5 Å². The van der Waals surface area contributed by atoms with Gasteiger partial charge in [0, 0.05) is 111 Å². The highest BCUT2D eigenvalue weighted by Gasteiger charge is 2.58. The predicted octanol–water partition coefficient (Wildman–Crippen LogP) is 4.54. The van der Waals surface area contributed by atoms with Gasteiger partial charge in [-0.1, -0.05) is 48.5 Å². The van der Waals surface area contributed by atoms with E-state index in [0.29, 0.717) is 22.3 Å². The lowest BCUT2D eigenvalue weighted by Crippen LogP contribution is -2.63. The molecule has 20 atom stereocenters. The third kappa shape index (κ3) is 27.1. The summed E-state index contributed by atoms with van der Waals surface area (Å²) < 4.78 is 140. The van der Waals surface area contributed by atoms with Crippen molar-refractivity contribution in [3.63, 3.8) is 0 Å². The molecule has 4 fully saturated rings. The molecule has 4 aliphatic rings. The van der Waals surface area contributed by atoms with Gasteiger partial charge in [-0.2, -0.15) is 0 Å². The molecule has 660 valence electrons. The lowest BCUT2D eigenvalue weighted by molar-refractivity contribution is -0.288. The molecule has 0 N–H and O–H groups in total. The van der Waals surface area contributed by atoms with Gasteiger partial charge in [0.25, 0.3) is 0 Å². The Balaban J connectivity index is 1.37. The van der Waals surface area contributed by atoms with E-state index in [9.17, 15) is 76.7 Å². The molecule has 40 heteroatoms. The summed E-state index contributed by atoms with van der Waals surface area (Å²) in [5.74, 6) is -14.4. The molecule has 0 spiro atoms. The van der Waals surface area contributed by atoms with Crippen molar-refractivity contribution < 1.29 is 190 Å². The summed E-state index contributed by atoms with van der Waals surface area (Å²) in [6.07, 6.45) is -32.3. The molecule has 4 aliphatic heterocycles. The van der Waals surface area contributed by atoms with E-state index < -0.39 is 245 Å². The van der Waals surface area contributed by atoms with Gasteiger partial charge in [0.15, 0.2) is 48.8 Å². The van der Waals surface area contributed by atoms with Gasteiger partial charge < -0.3 is 114 Å². The molecule has 0 radical (unpaired) electrons.